The first kappa shape index (κ1) is 13.0. The van der Waals surface area contributed by atoms with Gasteiger partial charge in [0, 0.05) is 15.1 Å². The van der Waals surface area contributed by atoms with E-state index in [2.05, 4.69) is 42.2 Å². The molecule has 0 aliphatic rings. The molecule has 2 aromatic rings. The number of hydrogen-bond acceptors (Lipinski definition) is 3. The summed E-state index contributed by atoms with van der Waals surface area (Å²) in [6, 6.07) is 8.42. The summed E-state index contributed by atoms with van der Waals surface area (Å²) < 4.78 is 15.0. The van der Waals surface area contributed by atoms with Crippen molar-refractivity contribution in [1.29, 1.82) is 5.26 Å². The van der Waals surface area contributed by atoms with Crippen LogP contribution in [-0.4, -0.2) is 4.98 Å². The lowest BCUT2D eigenvalue weighted by molar-refractivity contribution is 0.625. The van der Waals surface area contributed by atoms with Crippen LogP contribution in [-0.2, 0) is 0 Å². The molecule has 2 rings (SSSR count). The third-order valence-corrected chi connectivity index (χ3v) is 3.09. The maximum absolute atomic E-state index is 13.6. The molecule has 1 aromatic carbocycles. The molecule has 1 N–H and O–H groups in total. The van der Waals surface area contributed by atoms with Crippen LogP contribution < -0.4 is 5.32 Å². The first-order valence-corrected chi connectivity index (χ1v) is 6.46. The molecule has 0 unspecified atom stereocenters. The van der Waals surface area contributed by atoms with Gasteiger partial charge >= 0.3 is 0 Å². The van der Waals surface area contributed by atoms with Crippen LogP contribution >= 0.6 is 31.9 Å². The Morgan fingerprint density at radius 2 is 2.00 bits per heavy atom. The van der Waals surface area contributed by atoms with Crippen LogP contribution in [0.15, 0.2) is 39.4 Å². The highest BCUT2D eigenvalue weighted by molar-refractivity contribution is 9.10. The van der Waals surface area contributed by atoms with E-state index in [9.17, 15) is 4.39 Å². The van der Waals surface area contributed by atoms with Gasteiger partial charge < -0.3 is 5.32 Å². The first-order chi connectivity index (χ1) is 8.60. The molecule has 0 fully saturated rings. The number of nitrogens with one attached hydrogen (secondary N) is 1. The number of rotatable bonds is 2. The molecule has 1 heterocycles. The molecular formula is C12H6Br2FN3. The summed E-state index contributed by atoms with van der Waals surface area (Å²) in [6.45, 7) is 0. The Bertz CT molecular complexity index is 638. The Kier molecular flexibility index (Phi) is 3.94. The van der Waals surface area contributed by atoms with E-state index in [1.165, 1.54) is 12.3 Å². The molecule has 3 nitrogen and oxygen atoms in total. The molecule has 0 aliphatic heterocycles. The Morgan fingerprint density at radius 1 is 1.22 bits per heavy atom. The van der Waals surface area contributed by atoms with Crippen molar-refractivity contribution in [2.24, 2.45) is 0 Å². The van der Waals surface area contributed by atoms with Crippen LogP contribution in [0.25, 0.3) is 0 Å². The summed E-state index contributed by atoms with van der Waals surface area (Å²) in [7, 11) is 0. The molecule has 18 heavy (non-hydrogen) atoms. The molecule has 1 aromatic heterocycles. The fraction of sp³-hybridized carbons (Fsp3) is 0. The highest BCUT2D eigenvalue weighted by Gasteiger charge is 2.08. The molecule has 0 radical (unpaired) electrons. The summed E-state index contributed by atoms with van der Waals surface area (Å²) in [6.07, 6.45) is 1.48. The van der Waals surface area contributed by atoms with Gasteiger partial charge in [0.25, 0.3) is 0 Å². The second-order valence-electron chi connectivity index (χ2n) is 3.41. The van der Waals surface area contributed by atoms with Gasteiger partial charge in [-0.3, -0.25) is 0 Å². The number of hydrogen-bond donors (Lipinski definition) is 1. The summed E-state index contributed by atoms with van der Waals surface area (Å²) in [5.41, 5.74) is 0.919. The van der Waals surface area contributed by atoms with Crippen molar-refractivity contribution < 1.29 is 4.39 Å². The largest absolute Gasteiger partial charge is 0.337 e. The van der Waals surface area contributed by atoms with Gasteiger partial charge in [-0.25, -0.2) is 9.37 Å². The molecule has 0 aliphatic carbocycles. The van der Waals surface area contributed by atoms with Crippen LogP contribution in [0.2, 0.25) is 0 Å². The average molecular weight is 371 g/mol. The molecule has 0 saturated heterocycles. The third-order valence-electron chi connectivity index (χ3n) is 2.16. The van der Waals surface area contributed by atoms with Crippen LogP contribution in [0.1, 0.15) is 5.56 Å². The molecule has 0 bridgehead atoms. The Labute approximate surface area is 120 Å². The molecule has 0 saturated carbocycles. The van der Waals surface area contributed by atoms with E-state index in [1.807, 2.05) is 6.07 Å². The number of pyridine rings is 1. The van der Waals surface area contributed by atoms with E-state index < -0.39 is 5.82 Å². The molecule has 0 amide bonds. The molecular weight excluding hydrogens is 365 g/mol. The van der Waals surface area contributed by atoms with Crippen molar-refractivity contribution in [1.82, 2.24) is 4.98 Å². The van der Waals surface area contributed by atoms with Crippen molar-refractivity contribution in [3.05, 3.63) is 50.8 Å². The van der Waals surface area contributed by atoms with Gasteiger partial charge in [0.05, 0.1) is 11.3 Å². The van der Waals surface area contributed by atoms with Crippen molar-refractivity contribution in [2.45, 2.75) is 0 Å². The summed E-state index contributed by atoms with van der Waals surface area (Å²) >= 11 is 6.43. The fourth-order valence-corrected chi connectivity index (χ4v) is 2.02. The topological polar surface area (TPSA) is 48.7 Å². The highest BCUT2D eigenvalue weighted by atomic mass is 79.9. The maximum Gasteiger partial charge on any atom is 0.166 e. The number of nitriles is 1. The monoisotopic (exact) mass is 369 g/mol. The van der Waals surface area contributed by atoms with Crippen molar-refractivity contribution in [3.63, 3.8) is 0 Å². The van der Waals surface area contributed by atoms with E-state index >= 15 is 0 Å². The van der Waals surface area contributed by atoms with Crippen LogP contribution in [0.3, 0.4) is 0 Å². The summed E-state index contributed by atoms with van der Waals surface area (Å²) in [4.78, 5) is 3.92. The van der Waals surface area contributed by atoms with Crippen LogP contribution in [0, 0.1) is 17.1 Å². The van der Waals surface area contributed by atoms with Crippen LogP contribution in [0.4, 0.5) is 15.9 Å². The predicted octanol–water partition coefficient (Wildman–Crippen LogP) is 4.36. The normalized spacial score (nSPS) is 9.89. The van der Waals surface area contributed by atoms with Gasteiger partial charge in [-0.15, -0.1) is 0 Å². The number of halogens is 3. The van der Waals surface area contributed by atoms with E-state index in [4.69, 9.17) is 5.26 Å². The van der Waals surface area contributed by atoms with Crippen molar-refractivity contribution >= 4 is 43.4 Å². The van der Waals surface area contributed by atoms with E-state index in [-0.39, 0.29) is 5.82 Å². The van der Waals surface area contributed by atoms with Gasteiger partial charge in [-0.2, -0.15) is 5.26 Å². The van der Waals surface area contributed by atoms with Crippen LogP contribution in [0.5, 0.6) is 0 Å². The minimum absolute atomic E-state index is 0.0767. The second kappa shape index (κ2) is 5.46. The summed E-state index contributed by atoms with van der Waals surface area (Å²) in [5.74, 6) is -0.416. The Hall–Kier alpha value is -1.45. The third kappa shape index (κ3) is 2.86. The molecule has 0 spiro atoms. The lowest BCUT2D eigenvalue weighted by atomic mass is 10.2. The Balaban J connectivity index is 2.40. The second-order valence-corrected chi connectivity index (χ2v) is 5.24. The molecule has 0 atom stereocenters. The minimum Gasteiger partial charge on any atom is -0.337 e. The molecule has 6 heteroatoms. The van der Waals surface area contributed by atoms with E-state index in [0.29, 0.717) is 15.7 Å². The standard InChI is InChI=1S/C12H6Br2FN3/c13-8-2-1-7(5-16)11(4-8)18-12-10(15)3-9(14)6-17-12/h1-4,6H,(H,17,18). The number of nitrogens with zero attached hydrogens (tertiary/aromatic N) is 2. The first-order valence-electron chi connectivity index (χ1n) is 4.88. The minimum atomic E-state index is -0.492. The fourth-order valence-electron chi connectivity index (χ4n) is 1.35. The SMILES string of the molecule is N#Cc1ccc(Br)cc1Nc1ncc(Br)cc1F. The van der Waals surface area contributed by atoms with E-state index in [1.54, 1.807) is 18.2 Å². The lowest BCUT2D eigenvalue weighted by Crippen LogP contribution is -1.99. The van der Waals surface area contributed by atoms with Gasteiger partial charge in [-0.1, -0.05) is 15.9 Å². The van der Waals surface area contributed by atoms with Gasteiger partial charge in [-0.05, 0) is 40.2 Å². The lowest BCUT2D eigenvalue weighted by Gasteiger charge is -2.08. The van der Waals surface area contributed by atoms with E-state index in [0.717, 1.165) is 4.47 Å². The van der Waals surface area contributed by atoms with Crippen molar-refractivity contribution in [2.75, 3.05) is 5.32 Å². The Morgan fingerprint density at radius 3 is 2.67 bits per heavy atom. The summed E-state index contributed by atoms with van der Waals surface area (Å²) in [5, 5.41) is 11.8. The zero-order chi connectivity index (χ0) is 13.1. The number of aromatic nitrogens is 1. The van der Waals surface area contributed by atoms with Crippen molar-refractivity contribution in [3.8, 4) is 6.07 Å². The maximum atomic E-state index is 13.6. The molecule has 90 valence electrons. The van der Waals surface area contributed by atoms with Gasteiger partial charge in [0.15, 0.2) is 11.6 Å². The zero-order valence-corrected chi connectivity index (χ0v) is 12.1. The van der Waals surface area contributed by atoms with Gasteiger partial charge in [0.1, 0.15) is 6.07 Å². The quantitative estimate of drug-likeness (QED) is 0.854. The smallest absolute Gasteiger partial charge is 0.166 e. The number of anilines is 2. The average Bonchev–Trinajstić information content (AvgIpc) is 2.33. The number of benzene rings is 1. The highest BCUT2D eigenvalue weighted by Crippen LogP contribution is 2.25. The van der Waals surface area contributed by atoms with Gasteiger partial charge in [0.2, 0.25) is 0 Å². The zero-order valence-electron chi connectivity index (χ0n) is 8.92. The predicted molar refractivity (Wildman–Crippen MR) is 74.0 cm³/mol.